The number of hydrogen-bond acceptors (Lipinski definition) is 13. The van der Waals surface area contributed by atoms with E-state index in [0.717, 1.165) is 0 Å². The van der Waals surface area contributed by atoms with Crippen LogP contribution in [0.5, 0.6) is 0 Å². The number of carbonyl (C=O) groups is 2. The molecule has 4 fully saturated rings. The lowest BCUT2D eigenvalue weighted by molar-refractivity contribution is -0.334. The largest absolute Gasteiger partial charge is 0.454 e. The van der Waals surface area contributed by atoms with Crippen LogP contribution in [-0.4, -0.2) is 132 Å². The Hall–Kier alpha value is -1.26. The van der Waals surface area contributed by atoms with Crippen molar-refractivity contribution in [2.45, 2.75) is 160 Å². The Balaban J connectivity index is 1.81. The predicted octanol–water partition coefficient (Wildman–Crippen LogP) is 2.01. The van der Waals surface area contributed by atoms with E-state index in [9.17, 15) is 24.9 Å². The maximum absolute atomic E-state index is 13.9. The van der Waals surface area contributed by atoms with Crippen LogP contribution in [-0.2, 0) is 42.7 Å². The third-order valence-electron chi connectivity index (χ3n) is 11.4. The summed E-state index contributed by atoms with van der Waals surface area (Å²) in [4.78, 5) is 28.7. The third kappa shape index (κ3) is 7.31. The SMILES string of the molecule is CO[C@]1(C)C[C@H](OC2C(C)C(=O)OC(C(C)=O)C(C)C3(O)OC(C)(CC3C)C(O[C@@H]3O[C@H](C)C[C@H](N(C)C)[C@H]3O)C2C)O[C@@H](C)[C@@H]1O. The number of cyclic esters (lactones) is 1. The number of ether oxygens (including phenoxy) is 7. The van der Waals surface area contributed by atoms with Crippen molar-refractivity contribution >= 4 is 11.8 Å². The van der Waals surface area contributed by atoms with Gasteiger partial charge in [-0.2, -0.15) is 0 Å². The van der Waals surface area contributed by atoms with Gasteiger partial charge in [-0.3, -0.25) is 9.59 Å². The van der Waals surface area contributed by atoms with Gasteiger partial charge >= 0.3 is 5.97 Å². The van der Waals surface area contributed by atoms with Crippen LogP contribution < -0.4 is 0 Å². The molecule has 0 aromatic carbocycles. The topological polar surface area (TPSA) is 163 Å². The standard InChI is InChI=1S/C34H59NO12/c1-16-14-33(9)29(46-31-25(37)23(35(10)11)13-17(2)42-31)18(3)26(44-24-15-32(8,41-12)28(38)22(7)43-24)19(4)30(39)45-27(21(6)36)20(5)34(16,40)47-33/h16-20,22-29,31,37-38,40H,13-15H2,1-12H3/t16?,17-,18?,19?,20?,22+,23+,24+,25-,26?,27?,28+,29?,31+,32-,33?,34?/m1/s1. The molecular weight excluding hydrogens is 614 g/mol. The molecule has 4 rings (SSSR count). The molecule has 0 aromatic heterocycles. The van der Waals surface area contributed by atoms with E-state index in [1.54, 1.807) is 27.7 Å². The van der Waals surface area contributed by atoms with E-state index < -0.39 is 102 Å². The number of Topliss-reactive ketones (excluding diaryl/α,β-unsaturated/α-hetero) is 1. The van der Waals surface area contributed by atoms with Gasteiger partial charge in [-0.15, -0.1) is 0 Å². The van der Waals surface area contributed by atoms with Crippen LogP contribution >= 0.6 is 0 Å². The summed E-state index contributed by atoms with van der Waals surface area (Å²) in [6.07, 6.45) is -6.79. The van der Waals surface area contributed by atoms with E-state index in [4.69, 9.17) is 33.2 Å². The van der Waals surface area contributed by atoms with Crippen molar-refractivity contribution in [3.63, 3.8) is 0 Å². The van der Waals surface area contributed by atoms with E-state index in [0.29, 0.717) is 12.8 Å². The van der Waals surface area contributed by atoms with Gasteiger partial charge in [0, 0.05) is 31.4 Å². The Morgan fingerprint density at radius 3 is 2.21 bits per heavy atom. The first kappa shape index (κ1) is 38.5. The molecule has 0 aromatic rings. The van der Waals surface area contributed by atoms with Crippen LogP contribution in [0.1, 0.15) is 81.6 Å². The summed E-state index contributed by atoms with van der Waals surface area (Å²) in [6.45, 7) is 15.6. The monoisotopic (exact) mass is 673 g/mol. The molecule has 4 aliphatic heterocycles. The van der Waals surface area contributed by atoms with E-state index in [2.05, 4.69) is 0 Å². The zero-order chi connectivity index (χ0) is 35.4. The molecule has 2 bridgehead atoms. The minimum Gasteiger partial charge on any atom is -0.454 e. The summed E-state index contributed by atoms with van der Waals surface area (Å²) in [5.41, 5.74) is -2.18. The van der Waals surface area contributed by atoms with Gasteiger partial charge in [0.2, 0.25) is 0 Å². The Bertz CT molecular complexity index is 1120. The quantitative estimate of drug-likeness (QED) is 0.337. The maximum Gasteiger partial charge on any atom is 0.312 e. The molecule has 13 nitrogen and oxygen atoms in total. The minimum atomic E-state index is -1.85. The average molecular weight is 674 g/mol. The molecule has 0 saturated carbocycles. The fourth-order valence-electron chi connectivity index (χ4n) is 8.37. The van der Waals surface area contributed by atoms with Gasteiger partial charge < -0.3 is 53.4 Å². The Morgan fingerprint density at radius 2 is 1.64 bits per heavy atom. The smallest absolute Gasteiger partial charge is 0.312 e. The Labute approximate surface area is 279 Å². The zero-order valence-corrected chi connectivity index (χ0v) is 30.2. The number of rotatable bonds is 7. The number of aliphatic hydroxyl groups excluding tert-OH is 2. The summed E-state index contributed by atoms with van der Waals surface area (Å²) in [7, 11) is 5.29. The number of nitrogens with zero attached hydrogens (tertiary/aromatic N) is 1. The van der Waals surface area contributed by atoms with E-state index in [1.165, 1.54) is 14.0 Å². The van der Waals surface area contributed by atoms with Crippen LogP contribution in [0.4, 0.5) is 0 Å². The molecule has 272 valence electrons. The van der Waals surface area contributed by atoms with Crippen LogP contribution in [0, 0.1) is 23.7 Å². The van der Waals surface area contributed by atoms with Crippen LogP contribution in [0.2, 0.25) is 0 Å². The first-order valence-corrected chi connectivity index (χ1v) is 17.0. The number of fused-ring (bicyclic) bond motifs is 2. The highest BCUT2D eigenvalue weighted by atomic mass is 16.7. The van der Waals surface area contributed by atoms with Gasteiger partial charge in [-0.25, -0.2) is 0 Å². The predicted molar refractivity (Wildman–Crippen MR) is 169 cm³/mol. The van der Waals surface area contributed by atoms with Gasteiger partial charge in [0.15, 0.2) is 30.3 Å². The second-order valence-corrected chi connectivity index (χ2v) is 15.3. The second kappa shape index (κ2) is 14.2. The van der Waals surface area contributed by atoms with Crippen molar-refractivity contribution in [2.75, 3.05) is 21.2 Å². The highest BCUT2D eigenvalue weighted by Crippen LogP contribution is 2.51. The molecule has 9 unspecified atom stereocenters. The first-order chi connectivity index (χ1) is 21.7. The molecule has 0 amide bonds. The third-order valence-corrected chi connectivity index (χ3v) is 11.4. The summed E-state index contributed by atoms with van der Waals surface area (Å²) in [5, 5.41) is 34.4. The maximum atomic E-state index is 13.9. The lowest BCUT2D eigenvalue weighted by Crippen LogP contribution is -2.60. The molecule has 47 heavy (non-hydrogen) atoms. The molecule has 13 heteroatoms. The molecular formula is C34H59NO12. The molecule has 0 radical (unpaired) electrons. The Morgan fingerprint density at radius 1 is 1.00 bits per heavy atom. The summed E-state index contributed by atoms with van der Waals surface area (Å²) >= 11 is 0. The number of carbonyl (C=O) groups excluding carboxylic acids is 2. The summed E-state index contributed by atoms with van der Waals surface area (Å²) in [6, 6.07) is -0.248. The van der Waals surface area contributed by atoms with Crippen LogP contribution in [0.3, 0.4) is 0 Å². The van der Waals surface area contributed by atoms with E-state index in [-0.39, 0.29) is 18.6 Å². The lowest BCUT2D eigenvalue weighted by Gasteiger charge is -2.48. The van der Waals surface area contributed by atoms with E-state index in [1.807, 2.05) is 46.7 Å². The number of hydrogen-bond donors (Lipinski definition) is 3. The number of aliphatic hydroxyl groups is 3. The molecule has 4 aliphatic rings. The number of esters is 1. The van der Waals surface area contributed by atoms with Gasteiger partial charge in [0.1, 0.15) is 12.2 Å². The number of likely N-dealkylation sites (N-methyl/N-ethyl adjacent to an activating group) is 1. The van der Waals surface area contributed by atoms with Crippen LogP contribution in [0.15, 0.2) is 0 Å². The van der Waals surface area contributed by atoms with Crippen molar-refractivity contribution in [3.8, 4) is 0 Å². The second-order valence-electron chi connectivity index (χ2n) is 15.3. The van der Waals surface area contributed by atoms with Gasteiger partial charge in [-0.05, 0) is 68.5 Å². The lowest BCUT2D eigenvalue weighted by atomic mass is 9.77. The summed E-state index contributed by atoms with van der Waals surface area (Å²) in [5.74, 6) is -5.96. The minimum absolute atomic E-state index is 0.162. The van der Waals surface area contributed by atoms with Crippen molar-refractivity contribution < 1.29 is 58.1 Å². The first-order valence-electron chi connectivity index (χ1n) is 17.0. The van der Waals surface area contributed by atoms with E-state index >= 15 is 0 Å². The molecule has 0 aliphatic carbocycles. The number of methoxy groups -OCH3 is 1. The molecule has 4 heterocycles. The van der Waals surface area contributed by atoms with Gasteiger partial charge in [0.05, 0.1) is 47.5 Å². The fourth-order valence-corrected chi connectivity index (χ4v) is 8.37. The molecule has 3 N–H and O–H groups in total. The van der Waals surface area contributed by atoms with Gasteiger partial charge in [-0.1, -0.05) is 20.8 Å². The zero-order valence-electron chi connectivity index (χ0n) is 30.2. The average Bonchev–Trinajstić information content (AvgIpc) is 3.24. The highest BCUT2D eigenvalue weighted by molar-refractivity contribution is 5.84. The van der Waals surface area contributed by atoms with Crippen molar-refractivity contribution in [3.05, 3.63) is 0 Å². The van der Waals surface area contributed by atoms with Gasteiger partial charge in [0.25, 0.3) is 0 Å². The Kier molecular flexibility index (Phi) is 11.6. The normalized spacial score (nSPS) is 51.4. The van der Waals surface area contributed by atoms with Crippen molar-refractivity contribution in [1.29, 1.82) is 0 Å². The van der Waals surface area contributed by atoms with Crippen LogP contribution in [0.25, 0.3) is 0 Å². The molecule has 0 spiro atoms. The highest BCUT2D eigenvalue weighted by Gasteiger charge is 2.62. The molecule has 4 saturated heterocycles. The fraction of sp³-hybridized carbons (Fsp3) is 0.941. The number of ketones is 1. The summed E-state index contributed by atoms with van der Waals surface area (Å²) < 4.78 is 43.9. The van der Waals surface area contributed by atoms with Crippen molar-refractivity contribution in [2.24, 2.45) is 23.7 Å². The van der Waals surface area contributed by atoms with Crippen molar-refractivity contribution in [1.82, 2.24) is 4.90 Å². The molecule has 17 atom stereocenters.